The number of rotatable bonds is 3. The second-order valence-corrected chi connectivity index (χ2v) is 5.09. The highest BCUT2D eigenvalue weighted by atomic mass is 16.6. The molecule has 2 unspecified atom stereocenters. The average Bonchev–Trinajstić information content (AvgIpc) is 2.74. The lowest BCUT2D eigenvalue weighted by atomic mass is 9.99. The number of nitrogens with zero attached hydrogens (tertiary/aromatic N) is 1. The normalized spacial score (nSPS) is 25.5. The van der Waals surface area contributed by atoms with E-state index in [1.807, 2.05) is 30.3 Å². The van der Waals surface area contributed by atoms with Gasteiger partial charge >= 0.3 is 12.1 Å². The van der Waals surface area contributed by atoms with Gasteiger partial charge in [-0.15, -0.1) is 0 Å². The van der Waals surface area contributed by atoms with Gasteiger partial charge in [0, 0.05) is 6.42 Å². The number of hydrogen-bond donors (Lipinski definition) is 2. The number of aliphatic hydroxyl groups excluding tert-OH is 1. The number of ether oxygens (including phenoxy) is 1. The van der Waals surface area contributed by atoms with E-state index in [0.717, 1.165) is 10.5 Å². The monoisotopic (exact) mass is 279 g/mol. The van der Waals surface area contributed by atoms with Crippen LogP contribution in [0.3, 0.4) is 0 Å². The second-order valence-electron chi connectivity index (χ2n) is 5.09. The highest BCUT2D eigenvalue weighted by Gasteiger charge is 2.50. The van der Waals surface area contributed by atoms with Crippen molar-refractivity contribution < 1.29 is 24.5 Å². The van der Waals surface area contributed by atoms with E-state index < -0.39 is 23.7 Å². The summed E-state index contributed by atoms with van der Waals surface area (Å²) >= 11 is 0. The number of carboxylic acid groups (broad SMARTS) is 1. The molecule has 1 aliphatic heterocycles. The van der Waals surface area contributed by atoms with Gasteiger partial charge in [0.15, 0.2) is 0 Å². The Morgan fingerprint density at radius 2 is 2.05 bits per heavy atom. The number of likely N-dealkylation sites (tertiary alicyclic amines) is 1. The van der Waals surface area contributed by atoms with E-state index in [2.05, 4.69) is 0 Å². The van der Waals surface area contributed by atoms with Crippen molar-refractivity contribution in [3.05, 3.63) is 35.9 Å². The van der Waals surface area contributed by atoms with E-state index in [1.165, 1.54) is 6.92 Å². The molecule has 1 aliphatic rings. The molecule has 108 valence electrons. The molecule has 2 N–H and O–H groups in total. The van der Waals surface area contributed by atoms with Gasteiger partial charge in [0.2, 0.25) is 0 Å². The van der Waals surface area contributed by atoms with Gasteiger partial charge in [-0.25, -0.2) is 9.59 Å². The Morgan fingerprint density at radius 1 is 1.40 bits per heavy atom. The quantitative estimate of drug-likeness (QED) is 0.869. The zero-order valence-electron chi connectivity index (χ0n) is 11.2. The van der Waals surface area contributed by atoms with Crippen molar-refractivity contribution in [2.45, 2.75) is 31.6 Å². The SMILES string of the molecule is CC1(C(=O)O)CC(O)CN1C(=O)OCc1ccccc1. The largest absolute Gasteiger partial charge is 0.480 e. The number of aliphatic hydroxyl groups is 1. The summed E-state index contributed by atoms with van der Waals surface area (Å²) in [7, 11) is 0. The van der Waals surface area contributed by atoms with Gasteiger partial charge in [0.05, 0.1) is 12.6 Å². The highest BCUT2D eigenvalue weighted by molar-refractivity contribution is 5.84. The van der Waals surface area contributed by atoms with Crippen molar-refractivity contribution in [3.8, 4) is 0 Å². The molecule has 1 amide bonds. The second kappa shape index (κ2) is 5.50. The fourth-order valence-corrected chi connectivity index (χ4v) is 2.32. The number of carbonyl (C=O) groups is 2. The highest BCUT2D eigenvalue weighted by Crippen LogP contribution is 2.30. The predicted octanol–water partition coefficient (Wildman–Crippen LogP) is 1.23. The van der Waals surface area contributed by atoms with Crippen LogP contribution in [-0.2, 0) is 16.1 Å². The van der Waals surface area contributed by atoms with Crippen molar-refractivity contribution >= 4 is 12.1 Å². The molecule has 1 saturated heterocycles. The Balaban J connectivity index is 2.03. The van der Waals surface area contributed by atoms with Gasteiger partial charge in [-0.3, -0.25) is 4.90 Å². The van der Waals surface area contributed by atoms with Gasteiger partial charge in [-0.1, -0.05) is 30.3 Å². The minimum atomic E-state index is -1.42. The molecule has 1 aromatic rings. The number of hydrogen-bond acceptors (Lipinski definition) is 4. The van der Waals surface area contributed by atoms with Crippen molar-refractivity contribution in [2.75, 3.05) is 6.54 Å². The topological polar surface area (TPSA) is 87.1 Å². The van der Waals surface area contributed by atoms with Crippen LogP contribution < -0.4 is 0 Å². The third kappa shape index (κ3) is 2.75. The van der Waals surface area contributed by atoms with Crippen LogP contribution in [0.2, 0.25) is 0 Å². The molecule has 1 fully saturated rings. The molecule has 0 saturated carbocycles. The first-order chi connectivity index (χ1) is 9.43. The van der Waals surface area contributed by atoms with E-state index in [9.17, 15) is 19.8 Å². The minimum Gasteiger partial charge on any atom is -0.480 e. The third-order valence-corrected chi connectivity index (χ3v) is 3.51. The molecule has 0 bridgehead atoms. The molecule has 2 rings (SSSR count). The van der Waals surface area contributed by atoms with Crippen LogP contribution in [0.1, 0.15) is 18.9 Å². The molecule has 2 atom stereocenters. The molecule has 0 radical (unpaired) electrons. The Morgan fingerprint density at radius 3 is 2.65 bits per heavy atom. The Hall–Kier alpha value is -2.08. The number of β-amino-alcohol motifs (C(OH)–C–C–N with tert-alkyl or cyclic N) is 1. The fourth-order valence-electron chi connectivity index (χ4n) is 2.32. The van der Waals surface area contributed by atoms with Crippen LogP contribution in [-0.4, -0.2) is 45.4 Å². The summed E-state index contributed by atoms with van der Waals surface area (Å²) in [6.07, 6.45) is -1.57. The first-order valence-corrected chi connectivity index (χ1v) is 6.33. The van der Waals surface area contributed by atoms with Crippen molar-refractivity contribution in [2.24, 2.45) is 0 Å². The molecule has 1 aromatic carbocycles. The standard InChI is InChI=1S/C14H17NO5/c1-14(12(17)18)7-11(16)8-15(14)13(19)20-9-10-5-3-2-4-6-10/h2-6,11,16H,7-9H2,1H3,(H,17,18). The number of aliphatic carboxylic acids is 1. The van der Waals surface area contributed by atoms with E-state index in [0.29, 0.717) is 0 Å². The average molecular weight is 279 g/mol. The Labute approximate surface area is 116 Å². The van der Waals surface area contributed by atoms with Crippen molar-refractivity contribution in [1.29, 1.82) is 0 Å². The summed E-state index contributed by atoms with van der Waals surface area (Å²) in [6.45, 7) is 1.45. The van der Waals surface area contributed by atoms with Gasteiger partial charge in [0.25, 0.3) is 0 Å². The summed E-state index contributed by atoms with van der Waals surface area (Å²) in [4.78, 5) is 24.4. The summed E-state index contributed by atoms with van der Waals surface area (Å²) in [5, 5.41) is 18.8. The molecule has 1 heterocycles. The minimum absolute atomic E-state index is 0.00275. The van der Waals surface area contributed by atoms with E-state index in [1.54, 1.807) is 0 Å². The third-order valence-electron chi connectivity index (χ3n) is 3.51. The maximum absolute atomic E-state index is 12.0. The zero-order valence-corrected chi connectivity index (χ0v) is 11.2. The molecule has 6 heteroatoms. The molecule has 20 heavy (non-hydrogen) atoms. The lowest BCUT2D eigenvalue weighted by molar-refractivity contribution is -0.147. The first kappa shape index (κ1) is 14.3. The van der Waals surface area contributed by atoms with Gasteiger partial charge < -0.3 is 14.9 Å². The fraction of sp³-hybridized carbons (Fsp3) is 0.429. The molecule has 0 aromatic heterocycles. The van der Waals surface area contributed by atoms with Crippen LogP contribution >= 0.6 is 0 Å². The van der Waals surface area contributed by atoms with Crippen molar-refractivity contribution in [1.82, 2.24) is 4.90 Å². The number of carboxylic acids is 1. The zero-order chi connectivity index (χ0) is 14.8. The lowest BCUT2D eigenvalue weighted by Crippen LogP contribution is -2.50. The van der Waals surface area contributed by atoms with Crippen LogP contribution in [0.25, 0.3) is 0 Å². The van der Waals surface area contributed by atoms with Crippen LogP contribution in [0.5, 0.6) is 0 Å². The van der Waals surface area contributed by atoms with Crippen LogP contribution in [0, 0.1) is 0 Å². The van der Waals surface area contributed by atoms with E-state index in [4.69, 9.17) is 4.74 Å². The van der Waals surface area contributed by atoms with Gasteiger partial charge in [-0.05, 0) is 12.5 Å². The van der Waals surface area contributed by atoms with Crippen LogP contribution in [0.4, 0.5) is 4.79 Å². The smallest absolute Gasteiger partial charge is 0.411 e. The number of carbonyl (C=O) groups excluding carboxylic acids is 1. The van der Waals surface area contributed by atoms with Gasteiger partial charge in [0.1, 0.15) is 12.1 Å². The Bertz CT molecular complexity index is 504. The molecule has 6 nitrogen and oxygen atoms in total. The predicted molar refractivity (Wildman–Crippen MR) is 70.0 cm³/mol. The van der Waals surface area contributed by atoms with E-state index >= 15 is 0 Å². The number of benzene rings is 1. The molecular weight excluding hydrogens is 262 g/mol. The maximum atomic E-state index is 12.0. The molecule has 0 spiro atoms. The molecule has 0 aliphatic carbocycles. The van der Waals surface area contributed by atoms with E-state index in [-0.39, 0.29) is 19.6 Å². The van der Waals surface area contributed by atoms with Crippen molar-refractivity contribution in [3.63, 3.8) is 0 Å². The summed E-state index contributed by atoms with van der Waals surface area (Å²) in [5.74, 6) is -1.15. The summed E-state index contributed by atoms with van der Waals surface area (Å²) < 4.78 is 5.12. The Kier molecular flexibility index (Phi) is 3.94. The molecular formula is C14H17NO5. The van der Waals surface area contributed by atoms with Gasteiger partial charge in [-0.2, -0.15) is 0 Å². The lowest BCUT2D eigenvalue weighted by Gasteiger charge is -2.29. The van der Waals surface area contributed by atoms with Crippen LogP contribution in [0.15, 0.2) is 30.3 Å². The summed E-state index contributed by atoms with van der Waals surface area (Å²) in [5.41, 5.74) is -0.606. The number of amides is 1. The maximum Gasteiger partial charge on any atom is 0.411 e. The first-order valence-electron chi connectivity index (χ1n) is 6.33. The summed E-state index contributed by atoms with van der Waals surface area (Å²) in [6, 6.07) is 9.11.